The lowest BCUT2D eigenvalue weighted by atomic mass is 10.1. The number of hydrogen-bond acceptors (Lipinski definition) is 3. The molecule has 3 aromatic rings. The van der Waals surface area contributed by atoms with Crippen molar-refractivity contribution in [3.63, 3.8) is 0 Å². The van der Waals surface area contributed by atoms with Crippen molar-refractivity contribution in [1.82, 2.24) is 9.38 Å². The van der Waals surface area contributed by atoms with Gasteiger partial charge < -0.3 is 4.40 Å². The Morgan fingerprint density at radius 2 is 1.95 bits per heavy atom. The van der Waals surface area contributed by atoms with Gasteiger partial charge in [0.05, 0.1) is 15.1 Å². The highest BCUT2D eigenvalue weighted by Gasteiger charge is 2.09. The minimum Gasteiger partial charge on any atom is -0.306 e. The van der Waals surface area contributed by atoms with Gasteiger partial charge in [-0.3, -0.25) is 10.1 Å². The monoisotopic (exact) mass is 317 g/mol. The minimum atomic E-state index is -0.413. The molecule has 2 heterocycles. The Balaban J connectivity index is 2.09. The summed E-state index contributed by atoms with van der Waals surface area (Å²) in [6.45, 7) is 0. The van der Waals surface area contributed by atoms with Crippen molar-refractivity contribution in [2.75, 3.05) is 0 Å². The Kier molecular flexibility index (Phi) is 2.79. The summed E-state index contributed by atoms with van der Waals surface area (Å²) in [6, 6.07) is 10.2. The molecule has 0 aliphatic heterocycles. The van der Waals surface area contributed by atoms with E-state index in [1.807, 2.05) is 28.9 Å². The lowest BCUT2D eigenvalue weighted by Gasteiger charge is -1.95. The Morgan fingerprint density at radius 1 is 1.21 bits per heavy atom. The number of hydrogen-bond donors (Lipinski definition) is 0. The van der Waals surface area contributed by atoms with Gasteiger partial charge in [0, 0.05) is 30.1 Å². The fourth-order valence-electron chi connectivity index (χ4n) is 1.87. The first-order valence-corrected chi connectivity index (χ1v) is 6.32. The largest absolute Gasteiger partial charge is 0.306 e. The van der Waals surface area contributed by atoms with Crippen LogP contribution in [0.2, 0.25) is 0 Å². The Bertz CT molecular complexity index is 765. The number of imidazole rings is 1. The summed E-state index contributed by atoms with van der Waals surface area (Å²) in [5.41, 5.74) is 2.52. The first-order chi connectivity index (χ1) is 9.15. The van der Waals surface area contributed by atoms with E-state index in [0.29, 0.717) is 0 Å². The smallest absolute Gasteiger partial charge is 0.269 e. The first kappa shape index (κ1) is 11.9. The predicted molar refractivity (Wildman–Crippen MR) is 75.0 cm³/mol. The molecule has 19 heavy (non-hydrogen) atoms. The lowest BCUT2D eigenvalue weighted by Crippen LogP contribution is -1.87. The van der Waals surface area contributed by atoms with Crippen molar-refractivity contribution in [3.05, 3.63) is 63.4 Å². The summed E-state index contributed by atoms with van der Waals surface area (Å²) >= 11 is 3.44. The number of benzene rings is 1. The van der Waals surface area contributed by atoms with Crippen LogP contribution in [0.1, 0.15) is 0 Å². The standard InChI is InChI=1S/C13H8BrN3O2/c14-11-2-1-7-16-8-12(15-13(11)16)9-3-5-10(6-4-9)17(18)19/h1-8H. The highest BCUT2D eigenvalue weighted by Crippen LogP contribution is 2.24. The molecule has 0 unspecified atom stereocenters. The van der Waals surface area contributed by atoms with Crippen molar-refractivity contribution in [2.24, 2.45) is 0 Å². The summed E-state index contributed by atoms with van der Waals surface area (Å²) < 4.78 is 2.81. The van der Waals surface area contributed by atoms with E-state index in [9.17, 15) is 10.1 Å². The molecule has 0 bridgehead atoms. The van der Waals surface area contributed by atoms with Crippen LogP contribution >= 0.6 is 15.9 Å². The van der Waals surface area contributed by atoms with Crippen molar-refractivity contribution in [2.45, 2.75) is 0 Å². The maximum atomic E-state index is 10.6. The molecule has 0 saturated carbocycles. The van der Waals surface area contributed by atoms with Gasteiger partial charge in [0.25, 0.3) is 5.69 Å². The molecule has 0 aliphatic carbocycles. The molecule has 5 nitrogen and oxygen atoms in total. The fourth-order valence-corrected chi connectivity index (χ4v) is 2.32. The molecule has 0 atom stereocenters. The van der Waals surface area contributed by atoms with Gasteiger partial charge in [-0.2, -0.15) is 0 Å². The number of halogens is 1. The van der Waals surface area contributed by atoms with E-state index in [1.165, 1.54) is 12.1 Å². The number of nitrogens with zero attached hydrogens (tertiary/aromatic N) is 3. The van der Waals surface area contributed by atoms with Gasteiger partial charge in [0.15, 0.2) is 5.65 Å². The molecule has 2 aromatic heterocycles. The molecular weight excluding hydrogens is 310 g/mol. The summed E-state index contributed by atoms with van der Waals surface area (Å²) in [7, 11) is 0. The highest BCUT2D eigenvalue weighted by atomic mass is 79.9. The van der Waals surface area contributed by atoms with Crippen LogP contribution in [0.5, 0.6) is 0 Å². The van der Waals surface area contributed by atoms with Crippen LogP contribution < -0.4 is 0 Å². The van der Waals surface area contributed by atoms with E-state index in [2.05, 4.69) is 20.9 Å². The van der Waals surface area contributed by atoms with Gasteiger partial charge in [-0.15, -0.1) is 0 Å². The van der Waals surface area contributed by atoms with Crippen molar-refractivity contribution in [3.8, 4) is 11.3 Å². The van der Waals surface area contributed by atoms with Gasteiger partial charge in [-0.05, 0) is 40.2 Å². The SMILES string of the molecule is O=[N+]([O-])c1ccc(-c2cn3cccc(Br)c3n2)cc1. The molecule has 0 spiro atoms. The van der Waals surface area contributed by atoms with Gasteiger partial charge in [0.2, 0.25) is 0 Å². The van der Waals surface area contributed by atoms with Crippen LogP contribution in [-0.2, 0) is 0 Å². The summed E-state index contributed by atoms with van der Waals surface area (Å²) in [6.07, 6.45) is 3.79. The number of nitro benzene ring substituents is 1. The molecule has 0 fully saturated rings. The zero-order valence-corrected chi connectivity index (χ0v) is 11.2. The Hall–Kier alpha value is -2.21. The average molecular weight is 318 g/mol. The van der Waals surface area contributed by atoms with E-state index in [1.54, 1.807) is 12.1 Å². The zero-order valence-electron chi connectivity index (χ0n) is 9.65. The molecule has 0 aliphatic rings. The molecule has 0 amide bonds. The topological polar surface area (TPSA) is 60.4 Å². The summed E-state index contributed by atoms with van der Waals surface area (Å²) in [5, 5.41) is 10.6. The molecule has 3 rings (SSSR count). The number of aromatic nitrogens is 2. The molecule has 0 N–H and O–H groups in total. The van der Waals surface area contributed by atoms with Gasteiger partial charge >= 0.3 is 0 Å². The van der Waals surface area contributed by atoms with Crippen LogP contribution in [0.3, 0.4) is 0 Å². The normalized spacial score (nSPS) is 10.8. The predicted octanol–water partition coefficient (Wildman–Crippen LogP) is 3.67. The number of nitro groups is 1. The maximum absolute atomic E-state index is 10.6. The third-order valence-corrected chi connectivity index (χ3v) is 3.43. The maximum Gasteiger partial charge on any atom is 0.269 e. The van der Waals surface area contributed by atoms with E-state index in [4.69, 9.17) is 0 Å². The van der Waals surface area contributed by atoms with Crippen LogP contribution in [0.15, 0.2) is 53.3 Å². The Labute approximate surface area is 116 Å². The van der Waals surface area contributed by atoms with E-state index >= 15 is 0 Å². The third-order valence-electron chi connectivity index (χ3n) is 2.81. The van der Waals surface area contributed by atoms with Crippen LogP contribution in [0.25, 0.3) is 16.9 Å². The third kappa shape index (κ3) is 2.10. The van der Waals surface area contributed by atoms with Crippen molar-refractivity contribution >= 4 is 27.3 Å². The average Bonchev–Trinajstić information content (AvgIpc) is 2.84. The Morgan fingerprint density at radius 3 is 2.58 bits per heavy atom. The van der Waals surface area contributed by atoms with Gasteiger partial charge in [-0.25, -0.2) is 4.98 Å². The zero-order chi connectivity index (χ0) is 13.4. The molecular formula is C13H8BrN3O2. The number of pyridine rings is 1. The first-order valence-electron chi connectivity index (χ1n) is 5.53. The van der Waals surface area contributed by atoms with E-state index in [-0.39, 0.29) is 5.69 Å². The van der Waals surface area contributed by atoms with E-state index < -0.39 is 4.92 Å². The molecule has 0 radical (unpaired) electrons. The van der Waals surface area contributed by atoms with E-state index in [0.717, 1.165) is 21.4 Å². The number of rotatable bonds is 2. The summed E-state index contributed by atoms with van der Waals surface area (Å²) in [5.74, 6) is 0. The van der Waals surface area contributed by atoms with Crippen LogP contribution in [0.4, 0.5) is 5.69 Å². The molecule has 94 valence electrons. The van der Waals surface area contributed by atoms with Crippen molar-refractivity contribution < 1.29 is 4.92 Å². The van der Waals surface area contributed by atoms with Gasteiger partial charge in [-0.1, -0.05) is 0 Å². The quantitative estimate of drug-likeness (QED) is 0.535. The lowest BCUT2D eigenvalue weighted by molar-refractivity contribution is -0.384. The number of non-ortho nitro benzene ring substituents is 1. The van der Waals surface area contributed by atoms with Gasteiger partial charge in [0.1, 0.15) is 0 Å². The highest BCUT2D eigenvalue weighted by molar-refractivity contribution is 9.10. The number of fused-ring (bicyclic) bond motifs is 1. The molecule has 6 heteroatoms. The fraction of sp³-hybridized carbons (Fsp3) is 0. The summed E-state index contributed by atoms with van der Waals surface area (Å²) in [4.78, 5) is 14.7. The van der Waals surface area contributed by atoms with Crippen molar-refractivity contribution in [1.29, 1.82) is 0 Å². The van der Waals surface area contributed by atoms with Crippen LogP contribution in [0, 0.1) is 10.1 Å². The second kappa shape index (κ2) is 4.47. The second-order valence-electron chi connectivity index (χ2n) is 4.02. The van der Waals surface area contributed by atoms with Crippen LogP contribution in [-0.4, -0.2) is 14.3 Å². The molecule has 0 saturated heterocycles. The minimum absolute atomic E-state index is 0.0775. The second-order valence-corrected chi connectivity index (χ2v) is 4.87. The molecule has 1 aromatic carbocycles.